The number of aromatic nitrogens is 1. The van der Waals surface area contributed by atoms with Gasteiger partial charge in [0.2, 0.25) is 0 Å². The molecule has 0 spiro atoms. The third-order valence-electron chi connectivity index (χ3n) is 3.42. The Labute approximate surface area is 122 Å². The van der Waals surface area contributed by atoms with Gasteiger partial charge in [-0.3, -0.25) is 4.79 Å². The lowest BCUT2D eigenvalue weighted by Crippen LogP contribution is -2.35. The van der Waals surface area contributed by atoms with Crippen LogP contribution < -0.4 is 5.32 Å². The molecular formula is C16H27N3O. The number of hydrogen-bond acceptors (Lipinski definition) is 3. The second kappa shape index (κ2) is 8.56. The van der Waals surface area contributed by atoms with Crippen molar-refractivity contribution in [3.63, 3.8) is 0 Å². The Morgan fingerprint density at radius 1 is 1.35 bits per heavy atom. The molecule has 1 amide bonds. The van der Waals surface area contributed by atoms with E-state index >= 15 is 0 Å². The topological polar surface area (TPSA) is 45.2 Å². The normalized spacial score (nSPS) is 12.0. The average Bonchev–Trinajstić information content (AvgIpc) is 2.49. The molecule has 0 fully saturated rings. The zero-order chi connectivity index (χ0) is 15.0. The second-order valence-electron chi connectivity index (χ2n) is 5.19. The van der Waals surface area contributed by atoms with Gasteiger partial charge in [0, 0.05) is 19.6 Å². The van der Waals surface area contributed by atoms with Crippen LogP contribution in [-0.4, -0.2) is 35.4 Å². The first-order valence-corrected chi connectivity index (χ1v) is 7.62. The highest BCUT2D eigenvalue weighted by Crippen LogP contribution is 2.11. The van der Waals surface area contributed by atoms with E-state index in [9.17, 15) is 4.79 Å². The molecule has 112 valence electrons. The maximum absolute atomic E-state index is 12.5. The van der Waals surface area contributed by atoms with Crippen molar-refractivity contribution in [3.8, 4) is 0 Å². The highest BCUT2D eigenvalue weighted by Gasteiger charge is 2.17. The molecule has 0 aromatic carbocycles. The summed E-state index contributed by atoms with van der Waals surface area (Å²) in [7, 11) is 0. The molecule has 0 aliphatic rings. The molecule has 20 heavy (non-hydrogen) atoms. The Morgan fingerprint density at radius 3 is 2.70 bits per heavy atom. The summed E-state index contributed by atoms with van der Waals surface area (Å²) in [6, 6.07) is 5.57. The Kier molecular flexibility index (Phi) is 7.05. The summed E-state index contributed by atoms with van der Waals surface area (Å²) in [6.07, 6.45) is 2.12. The molecule has 1 unspecified atom stereocenters. The summed E-state index contributed by atoms with van der Waals surface area (Å²) < 4.78 is 0. The molecule has 0 saturated carbocycles. The first kappa shape index (κ1) is 16.5. The van der Waals surface area contributed by atoms with Gasteiger partial charge in [-0.1, -0.05) is 33.3 Å². The van der Waals surface area contributed by atoms with Crippen LogP contribution in [0.1, 0.15) is 51.0 Å². The zero-order valence-electron chi connectivity index (χ0n) is 13.1. The van der Waals surface area contributed by atoms with Gasteiger partial charge in [-0.2, -0.15) is 0 Å². The maximum atomic E-state index is 12.5. The number of carbonyl (C=O) groups is 1. The maximum Gasteiger partial charge on any atom is 0.272 e. The van der Waals surface area contributed by atoms with Crippen LogP contribution in [0.4, 0.5) is 5.82 Å². The fourth-order valence-electron chi connectivity index (χ4n) is 1.93. The highest BCUT2D eigenvalue weighted by atomic mass is 16.2. The van der Waals surface area contributed by atoms with Crippen LogP contribution in [-0.2, 0) is 0 Å². The molecule has 0 aliphatic carbocycles. The van der Waals surface area contributed by atoms with Crippen LogP contribution in [0, 0.1) is 5.92 Å². The average molecular weight is 277 g/mol. The molecular weight excluding hydrogens is 250 g/mol. The summed E-state index contributed by atoms with van der Waals surface area (Å²) in [5, 5.41) is 3.22. The van der Waals surface area contributed by atoms with E-state index in [4.69, 9.17) is 0 Å². The first-order valence-electron chi connectivity index (χ1n) is 7.62. The van der Waals surface area contributed by atoms with Crippen LogP contribution in [0.2, 0.25) is 0 Å². The number of hydrogen-bond donors (Lipinski definition) is 1. The Balaban J connectivity index is 2.78. The van der Waals surface area contributed by atoms with E-state index in [0.29, 0.717) is 11.6 Å². The second-order valence-corrected chi connectivity index (χ2v) is 5.19. The molecule has 0 bridgehead atoms. The summed E-state index contributed by atoms with van der Waals surface area (Å²) >= 11 is 0. The van der Waals surface area contributed by atoms with Gasteiger partial charge in [0.05, 0.1) is 0 Å². The van der Waals surface area contributed by atoms with E-state index in [0.717, 1.165) is 38.3 Å². The molecule has 0 aliphatic heterocycles. The van der Waals surface area contributed by atoms with Crippen LogP contribution in [0.5, 0.6) is 0 Å². The van der Waals surface area contributed by atoms with Gasteiger partial charge in [0.25, 0.3) is 5.91 Å². The number of rotatable bonds is 8. The predicted octanol–water partition coefficient (Wildman–Crippen LogP) is 3.41. The van der Waals surface area contributed by atoms with Crippen molar-refractivity contribution in [2.75, 3.05) is 25.0 Å². The largest absolute Gasteiger partial charge is 0.370 e. The van der Waals surface area contributed by atoms with Crippen LogP contribution in [0.3, 0.4) is 0 Å². The minimum absolute atomic E-state index is 0.0212. The van der Waals surface area contributed by atoms with Crippen LogP contribution >= 0.6 is 0 Å². The number of amides is 1. The van der Waals surface area contributed by atoms with Crippen molar-refractivity contribution in [2.45, 2.75) is 40.5 Å². The number of nitrogens with one attached hydrogen (secondary N) is 1. The van der Waals surface area contributed by atoms with Crippen LogP contribution in [0.15, 0.2) is 18.2 Å². The highest BCUT2D eigenvalue weighted by molar-refractivity contribution is 5.92. The van der Waals surface area contributed by atoms with Gasteiger partial charge in [0.1, 0.15) is 11.5 Å². The minimum Gasteiger partial charge on any atom is -0.370 e. The van der Waals surface area contributed by atoms with E-state index in [-0.39, 0.29) is 5.91 Å². The van der Waals surface area contributed by atoms with E-state index in [1.807, 2.05) is 24.0 Å². The lowest BCUT2D eigenvalue weighted by atomic mass is 10.1. The monoisotopic (exact) mass is 277 g/mol. The lowest BCUT2D eigenvalue weighted by molar-refractivity contribution is 0.0735. The Hall–Kier alpha value is -1.58. The standard InChI is InChI=1S/C16H27N3O/c1-5-11-17-15-10-8-9-14(18-15)16(20)19(7-3)12-13(4)6-2/h8-10,13H,5-7,11-12H2,1-4H3,(H,17,18). The molecule has 4 heteroatoms. The summed E-state index contributed by atoms with van der Waals surface area (Å²) in [4.78, 5) is 18.8. The fraction of sp³-hybridized carbons (Fsp3) is 0.625. The quantitative estimate of drug-likeness (QED) is 0.792. The Bertz CT molecular complexity index is 420. The van der Waals surface area contributed by atoms with E-state index in [1.54, 1.807) is 6.07 Å². The molecule has 1 aromatic heterocycles. The van der Waals surface area contributed by atoms with Crippen molar-refractivity contribution in [3.05, 3.63) is 23.9 Å². The molecule has 0 saturated heterocycles. The number of nitrogens with zero attached hydrogens (tertiary/aromatic N) is 2. The third-order valence-corrected chi connectivity index (χ3v) is 3.42. The lowest BCUT2D eigenvalue weighted by Gasteiger charge is -2.23. The van der Waals surface area contributed by atoms with Gasteiger partial charge in [-0.15, -0.1) is 0 Å². The van der Waals surface area contributed by atoms with E-state index in [2.05, 4.69) is 31.1 Å². The molecule has 4 nitrogen and oxygen atoms in total. The SMILES string of the molecule is CCCNc1cccc(C(=O)N(CC)CC(C)CC)n1. The van der Waals surface area contributed by atoms with Gasteiger partial charge >= 0.3 is 0 Å². The summed E-state index contributed by atoms with van der Waals surface area (Å²) in [5.41, 5.74) is 0.524. The number of anilines is 1. The molecule has 1 N–H and O–H groups in total. The Morgan fingerprint density at radius 2 is 2.10 bits per heavy atom. The van der Waals surface area contributed by atoms with Gasteiger partial charge in [0.15, 0.2) is 0 Å². The van der Waals surface area contributed by atoms with Crippen molar-refractivity contribution in [2.24, 2.45) is 5.92 Å². The van der Waals surface area contributed by atoms with E-state index < -0.39 is 0 Å². The summed E-state index contributed by atoms with van der Waals surface area (Å²) in [5.74, 6) is 1.31. The van der Waals surface area contributed by atoms with Crippen molar-refractivity contribution >= 4 is 11.7 Å². The van der Waals surface area contributed by atoms with Crippen LogP contribution in [0.25, 0.3) is 0 Å². The van der Waals surface area contributed by atoms with Gasteiger partial charge < -0.3 is 10.2 Å². The molecule has 1 rings (SSSR count). The van der Waals surface area contributed by atoms with Gasteiger partial charge in [-0.05, 0) is 31.4 Å². The number of carbonyl (C=O) groups excluding carboxylic acids is 1. The molecule has 0 radical (unpaired) electrons. The van der Waals surface area contributed by atoms with Crippen molar-refractivity contribution in [1.29, 1.82) is 0 Å². The molecule has 1 heterocycles. The number of pyridine rings is 1. The minimum atomic E-state index is 0.0212. The smallest absolute Gasteiger partial charge is 0.272 e. The van der Waals surface area contributed by atoms with Crippen molar-refractivity contribution < 1.29 is 4.79 Å². The summed E-state index contributed by atoms with van der Waals surface area (Å²) in [6.45, 7) is 10.8. The zero-order valence-corrected chi connectivity index (χ0v) is 13.1. The third kappa shape index (κ3) is 4.83. The molecule has 1 atom stereocenters. The van der Waals surface area contributed by atoms with Crippen molar-refractivity contribution in [1.82, 2.24) is 9.88 Å². The van der Waals surface area contributed by atoms with E-state index in [1.165, 1.54) is 0 Å². The predicted molar refractivity (Wildman–Crippen MR) is 84.1 cm³/mol. The van der Waals surface area contributed by atoms with Gasteiger partial charge in [-0.25, -0.2) is 4.98 Å². The fourth-order valence-corrected chi connectivity index (χ4v) is 1.93. The first-order chi connectivity index (χ1) is 9.62. The molecule has 1 aromatic rings.